The van der Waals surface area contributed by atoms with E-state index in [2.05, 4.69) is 19.2 Å². The van der Waals surface area contributed by atoms with E-state index >= 15 is 0 Å². The van der Waals surface area contributed by atoms with Crippen LogP contribution in [0.4, 0.5) is 0 Å². The van der Waals surface area contributed by atoms with Gasteiger partial charge >= 0.3 is 94.8 Å². The molecule has 0 fully saturated rings. The zero-order valence-electron chi connectivity index (χ0n) is 6.66. The average Bonchev–Trinajstić information content (AvgIpc) is 2.03. The quantitative estimate of drug-likeness (QED) is 0.346. The van der Waals surface area contributed by atoms with E-state index in [1.807, 2.05) is 6.08 Å². The molecule has 0 amide bonds. The fraction of sp³-hybridized carbons (Fsp3) is 0.750. The molecule has 2 unspecified atom stereocenters. The van der Waals surface area contributed by atoms with Crippen LogP contribution in [0.1, 0.15) is 19.3 Å². The molecule has 0 aromatic rings. The van der Waals surface area contributed by atoms with Gasteiger partial charge in [0.25, 0.3) is 0 Å². The third-order valence-electron chi connectivity index (χ3n) is 1.32. The standard InChI is InChI=1S/C8H13Cl2O.Pd/c1-2-3-4-5-6-7(9)8(10)11;/h5-8,11H,1-4H2;. The third kappa shape index (κ3) is 7.58. The molecule has 0 rings (SSSR count). The van der Waals surface area contributed by atoms with E-state index < -0.39 is 10.9 Å². The Balaban J connectivity index is 3.35. The molecule has 1 N–H and O–H groups in total. The van der Waals surface area contributed by atoms with Gasteiger partial charge in [-0.1, -0.05) is 0 Å². The number of hydrogen-bond donors (Lipinski definition) is 1. The molecule has 4 heteroatoms. The van der Waals surface area contributed by atoms with Crippen molar-refractivity contribution in [2.24, 2.45) is 0 Å². The van der Waals surface area contributed by atoms with Crippen molar-refractivity contribution in [2.45, 2.75) is 35.1 Å². The summed E-state index contributed by atoms with van der Waals surface area (Å²) >= 11 is 14.1. The van der Waals surface area contributed by atoms with Crippen molar-refractivity contribution < 1.29 is 24.3 Å². The summed E-state index contributed by atoms with van der Waals surface area (Å²) in [6, 6.07) is 0. The number of halogens is 2. The third-order valence-corrected chi connectivity index (χ3v) is 2.65. The number of unbranched alkanes of at least 4 members (excludes halogenated alkanes) is 2. The predicted octanol–water partition coefficient (Wildman–Crippen LogP) is 2.84. The van der Waals surface area contributed by atoms with E-state index in [1.165, 1.54) is 6.42 Å². The van der Waals surface area contributed by atoms with Crippen LogP contribution in [-0.4, -0.2) is 16.0 Å². The second kappa shape index (κ2) is 8.54. The van der Waals surface area contributed by atoms with Crippen LogP contribution in [0.3, 0.4) is 0 Å². The van der Waals surface area contributed by atoms with Gasteiger partial charge in [0, 0.05) is 0 Å². The van der Waals surface area contributed by atoms with E-state index in [4.69, 9.17) is 28.3 Å². The summed E-state index contributed by atoms with van der Waals surface area (Å²) in [5.74, 6) is 0. The van der Waals surface area contributed by atoms with Crippen molar-refractivity contribution in [3.8, 4) is 0 Å². The summed E-state index contributed by atoms with van der Waals surface area (Å²) in [6.45, 7) is 0. The van der Waals surface area contributed by atoms with E-state index in [0.717, 1.165) is 17.7 Å². The van der Waals surface area contributed by atoms with Gasteiger partial charge in [-0.25, -0.2) is 0 Å². The summed E-state index contributed by atoms with van der Waals surface area (Å²) in [4.78, 5) is 1.07. The Morgan fingerprint density at radius 2 is 2.00 bits per heavy atom. The van der Waals surface area contributed by atoms with Crippen LogP contribution in [0.2, 0.25) is 4.89 Å². The molecule has 0 saturated heterocycles. The minimum absolute atomic E-state index is 0.474. The molecule has 1 nitrogen and oxygen atoms in total. The topological polar surface area (TPSA) is 20.2 Å². The molecule has 12 heavy (non-hydrogen) atoms. The van der Waals surface area contributed by atoms with E-state index in [-0.39, 0.29) is 0 Å². The monoisotopic (exact) mass is 301 g/mol. The van der Waals surface area contributed by atoms with Crippen LogP contribution < -0.4 is 0 Å². The van der Waals surface area contributed by atoms with Gasteiger partial charge in [0.15, 0.2) is 0 Å². The summed E-state index contributed by atoms with van der Waals surface area (Å²) in [6.07, 6.45) is 6.99. The average molecular weight is 303 g/mol. The molecule has 0 aromatic heterocycles. The van der Waals surface area contributed by atoms with Gasteiger partial charge in [-0.05, 0) is 0 Å². The molecule has 0 heterocycles. The second-order valence-corrected chi connectivity index (χ2v) is 4.13. The molecule has 0 bridgehead atoms. The SMILES string of the molecule is OC(Cl)C(Cl)C=CCCC[CH2][Pd]. The Morgan fingerprint density at radius 3 is 2.50 bits per heavy atom. The molecule has 0 aliphatic rings. The van der Waals surface area contributed by atoms with Crippen LogP contribution in [0.5, 0.6) is 0 Å². The van der Waals surface area contributed by atoms with Gasteiger partial charge in [-0.3, -0.25) is 0 Å². The molecule has 2 atom stereocenters. The molecular weight excluding hydrogens is 289 g/mol. The fourth-order valence-corrected chi connectivity index (χ4v) is 1.23. The Morgan fingerprint density at radius 1 is 1.33 bits per heavy atom. The molecule has 0 aromatic carbocycles. The Labute approximate surface area is 94.5 Å². The van der Waals surface area contributed by atoms with Gasteiger partial charge in [0.1, 0.15) is 0 Å². The number of allylic oxidation sites excluding steroid dienone is 1. The van der Waals surface area contributed by atoms with Crippen LogP contribution in [0.15, 0.2) is 12.2 Å². The summed E-state index contributed by atoms with van der Waals surface area (Å²) in [5.41, 5.74) is -0.985. The maximum atomic E-state index is 8.80. The van der Waals surface area contributed by atoms with Gasteiger partial charge in [-0.15, -0.1) is 0 Å². The van der Waals surface area contributed by atoms with Crippen molar-refractivity contribution in [1.82, 2.24) is 0 Å². The summed E-state index contributed by atoms with van der Waals surface area (Å²) in [7, 11) is 0. The van der Waals surface area contributed by atoms with E-state index in [0.29, 0.717) is 0 Å². The molecule has 0 radical (unpaired) electrons. The molecule has 0 aliphatic heterocycles. The van der Waals surface area contributed by atoms with Gasteiger partial charge in [-0.2, -0.15) is 0 Å². The van der Waals surface area contributed by atoms with Crippen molar-refractivity contribution in [1.29, 1.82) is 0 Å². The number of hydrogen-bond acceptors (Lipinski definition) is 1. The zero-order chi connectivity index (χ0) is 9.40. The predicted molar refractivity (Wildman–Crippen MR) is 49.3 cm³/mol. The molecular formula is C8H13Cl2OPd. The Kier molecular flexibility index (Phi) is 9.21. The minimum atomic E-state index is -0.985. The summed E-state index contributed by atoms with van der Waals surface area (Å²) in [5, 5.41) is 8.33. The number of rotatable bonds is 6. The fourth-order valence-electron chi connectivity index (χ4n) is 0.659. The molecule has 75 valence electrons. The number of aliphatic hydroxyl groups is 1. The Hall–Kier alpha value is 0.942. The van der Waals surface area contributed by atoms with Crippen LogP contribution in [-0.2, 0) is 19.2 Å². The second-order valence-electron chi connectivity index (χ2n) is 2.40. The molecule has 0 spiro atoms. The first-order chi connectivity index (χ1) is 5.68. The number of alkyl halides is 2. The molecule has 0 saturated carbocycles. The van der Waals surface area contributed by atoms with Crippen molar-refractivity contribution in [3.05, 3.63) is 12.2 Å². The molecule has 0 aliphatic carbocycles. The summed E-state index contributed by atoms with van der Waals surface area (Å²) < 4.78 is 0. The van der Waals surface area contributed by atoms with Gasteiger partial charge in [0.2, 0.25) is 0 Å². The van der Waals surface area contributed by atoms with Crippen LogP contribution >= 0.6 is 23.2 Å². The van der Waals surface area contributed by atoms with E-state index in [9.17, 15) is 0 Å². The van der Waals surface area contributed by atoms with E-state index in [1.54, 1.807) is 6.08 Å². The van der Waals surface area contributed by atoms with Gasteiger partial charge < -0.3 is 0 Å². The van der Waals surface area contributed by atoms with Gasteiger partial charge in [0.05, 0.1) is 0 Å². The normalized spacial score (nSPS) is 16.8. The Bertz CT molecular complexity index is 128. The zero-order valence-corrected chi connectivity index (χ0v) is 9.72. The van der Waals surface area contributed by atoms with Crippen LogP contribution in [0.25, 0.3) is 0 Å². The first kappa shape index (κ1) is 12.9. The first-order valence-corrected chi connectivity index (χ1v) is 5.80. The number of aliphatic hydroxyl groups excluding tert-OH is 1. The van der Waals surface area contributed by atoms with Crippen molar-refractivity contribution >= 4 is 23.2 Å². The van der Waals surface area contributed by atoms with Crippen molar-refractivity contribution in [2.75, 3.05) is 0 Å². The first-order valence-electron chi connectivity index (χ1n) is 3.83. The van der Waals surface area contributed by atoms with Crippen molar-refractivity contribution in [3.63, 3.8) is 0 Å². The van der Waals surface area contributed by atoms with Crippen LogP contribution in [0, 0.1) is 0 Å². The maximum absolute atomic E-state index is 8.80.